The van der Waals surface area contributed by atoms with E-state index in [1.165, 1.54) is 17.5 Å². The van der Waals surface area contributed by atoms with Crippen molar-refractivity contribution < 1.29 is 4.79 Å². The number of hydrogen-bond donors (Lipinski definition) is 2. The molecule has 0 saturated carbocycles. The Hall–Kier alpha value is -2.06. The highest BCUT2D eigenvalue weighted by atomic mass is 32.1. The fourth-order valence-electron chi connectivity index (χ4n) is 1.19. The zero-order chi connectivity index (χ0) is 13.4. The average Bonchev–Trinajstić information content (AvgIpc) is 2.81. The van der Waals surface area contributed by atoms with Crippen molar-refractivity contribution in [1.82, 2.24) is 0 Å². The minimum atomic E-state index is 0.641. The van der Waals surface area contributed by atoms with Crippen LogP contribution in [0.3, 0.4) is 0 Å². The van der Waals surface area contributed by atoms with Gasteiger partial charge in [0.1, 0.15) is 0 Å². The standard InChI is InChI=1S/C13H15N3OS/c1-3-16-8-10(7-14)4-5-11-6-12(15-2)13(9-17)18-11/h6-9,15H,3,14H2,1-2H3. The predicted molar refractivity (Wildman–Crippen MR) is 77.4 cm³/mol. The summed E-state index contributed by atoms with van der Waals surface area (Å²) < 4.78 is 0. The van der Waals surface area contributed by atoms with E-state index >= 15 is 0 Å². The first kappa shape index (κ1) is 14.0. The van der Waals surface area contributed by atoms with Crippen LogP contribution in [-0.4, -0.2) is 26.1 Å². The normalized spacial score (nSPS) is 11.1. The van der Waals surface area contributed by atoms with Crippen LogP contribution in [0.2, 0.25) is 0 Å². The summed E-state index contributed by atoms with van der Waals surface area (Å²) in [6, 6.07) is 1.84. The Morgan fingerprint density at radius 3 is 2.94 bits per heavy atom. The monoisotopic (exact) mass is 261 g/mol. The number of nitrogens with two attached hydrogens (primary N) is 1. The van der Waals surface area contributed by atoms with Gasteiger partial charge in [-0.15, -0.1) is 11.3 Å². The number of hydrogen-bond acceptors (Lipinski definition) is 5. The first-order chi connectivity index (χ1) is 8.74. The summed E-state index contributed by atoms with van der Waals surface area (Å²) in [5.41, 5.74) is 6.89. The Labute approximate surface area is 111 Å². The lowest BCUT2D eigenvalue weighted by molar-refractivity contribution is 0.112. The molecule has 0 bridgehead atoms. The number of carbonyl (C=O) groups excluding carboxylic acids is 1. The van der Waals surface area contributed by atoms with E-state index in [0.29, 0.717) is 17.0 Å². The molecule has 18 heavy (non-hydrogen) atoms. The minimum Gasteiger partial charge on any atom is -0.404 e. The highest BCUT2D eigenvalue weighted by Crippen LogP contribution is 2.24. The first-order valence-corrected chi connectivity index (χ1v) is 6.27. The Morgan fingerprint density at radius 1 is 1.67 bits per heavy atom. The van der Waals surface area contributed by atoms with Crippen molar-refractivity contribution in [2.45, 2.75) is 6.92 Å². The number of anilines is 1. The second-order valence-electron chi connectivity index (χ2n) is 3.26. The molecule has 0 saturated heterocycles. The fourth-order valence-corrected chi connectivity index (χ4v) is 2.02. The van der Waals surface area contributed by atoms with Gasteiger partial charge in [0.25, 0.3) is 0 Å². The SMILES string of the molecule is CCN=CC(C#Cc1cc(NC)c(C=O)s1)=CN. The van der Waals surface area contributed by atoms with E-state index in [4.69, 9.17) is 5.73 Å². The van der Waals surface area contributed by atoms with Crippen LogP contribution in [0.1, 0.15) is 21.5 Å². The second-order valence-corrected chi connectivity index (χ2v) is 4.34. The number of aldehydes is 1. The molecule has 1 heterocycles. The Bertz CT molecular complexity index is 532. The molecule has 0 aliphatic heterocycles. The Balaban J connectivity index is 2.94. The summed E-state index contributed by atoms with van der Waals surface area (Å²) in [6.45, 7) is 2.63. The second kappa shape index (κ2) is 7.30. The number of rotatable bonds is 4. The summed E-state index contributed by atoms with van der Waals surface area (Å²) in [7, 11) is 1.77. The molecule has 0 atom stereocenters. The van der Waals surface area contributed by atoms with Crippen molar-refractivity contribution in [3.8, 4) is 11.8 Å². The van der Waals surface area contributed by atoms with Crippen molar-refractivity contribution in [1.29, 1.82) is 0 Å². The largest absolute Gasteiger partial charge is 0.404 e. The van der Waals surface area contributed by atoms with Gasteiger partial charge in [0.05, 0.1) is 21.0 Å². The lowest BCUT2D eigenvalue weighted by Gasteiger charge is -1.92. The third kappa shape index (κ3) is 3.75. The molecule has 0 aliphatic carbocycles. The van der Waals surface area contributed by atoms with Gasteiger partial charge in [0.2, 0.25) is 0 Å². The quantitative estimate of drug-likeness (QED) is 0.494. The summed E-state index contributed by atoms with van der Waals surface area (Å²) in [4.78, 5) is 16.3. The number of allylic oxidation sites excluding steroid dienone is 1. The molecule has 0 unspecified atom stereocenters. The molecule has 0 amide bonds. The minimum absolute atomic E-state index is 0.641. The van der Waals surface area contributed by atoms with Crippen LogP contribution in [-0.2, 0) is 0 Å². The maximum absolute atomic E-state index is 10.8. The lowest BCUT2D eigenvalue weighted by Crippen LogP contribution is -1.88. The van der Waals surface area contributed by atoms with Gasteiger partial charge in [-0.25, -0.2) is 0 Å². The maximum atomic E-state index is 10.8. The average molecular weight is 261 g/mol. The highest BCUT2D eigenvalue weighted by molar-refractivity contribution is 7.14. The third-order valence-corrected chi connectivity index (χ3v) is 3.04. The summed E-state index contributed by atoms with van der Waals surface area (Å²) in [5, 5.41) is 2.95. The van der Waals surface area contributed by atoms with Gasteiger partial charge in [-0.2, -0.15) is 0 Å². The molecular weight excluding hydrogens is 246 g/mol. The van der Waals surface area contributed by atoms with E-state index in [-0.39, 0.29) is 0 Å². The van der Waals surface area contributed by atoms with E-state index < -0.39 is 0 Å². The Morgan fingerprint density at radius 2 is 2.44 bits per heavy atom. The van der Waals surface area contributed by atoms with Crippen molar-refractivity contribution in [2.75, 3.05) is 18.9 Å². The number of carbonyl (C=O) groups is 1. The zero-order valence-corrected chi connectivity index (χ0v) is 11.2. The molecule has 1 aromatic rings. The topological polar surface area (TPSA) is 67.5 Å². The van der Waals surface area contributed by atoms with Gasteiger partial charge in [0, 0.05) is 26.0 Å². The zero-order valence-electron chi connectivity index (χ0n) is 10.4. The van der Waals surface area contributed by atoms with Crippen LogP contribution in [0.5, 0.6) is 0 Å². The van der Waals surface area contributed by atoms with Gasteiger partial charge in [-0.1, -0.05) is 11.8 Å². The maximum Gasteiger partial charge on any atom is 0.162 e. The van der Waals surface area contributed by atoms with Crippen molar-refractivity contribution in [3.63, 3.8) is 0 Å². The van der Waals surface area contributed by atoms with Gasteiger partial charge in [0.15, 0.2) is 6.29 Å². The smallest absolute Gasteiger partial charge is 0.162 e. The number of thiophene rings is 1. The van der Waals surface area contributed by atoms with Crippen molar-refractivity contribution in [3.05, 3.63) is 27.6 Å². The molecule has 0 radical (unpaired) electrons. The third-order valence-electron chi connectivity index (χ3n) is 2.06. The molecule has 0 fully saturated rings. The van der Waals surface area contributed by atoms with Crippen molar-refractivity contribution in [2.24, 2.45) is 10.7 Å². The summed E-state index contributed by atoms with van der Waals surface area (Å²) >= 11 is 1.34. The van der Waals surface area contributed by atoms with E-state index in [2.05, 4.69) is 22.2 Å². The molecule has 1 aromatic heterocycles. The van der Waals surface area contributed by atoms with E-state index in [9.17, 15) is 4.79 Å². The van der Waals surface area contributed by atoms with Gasteiger partial charge in [-0.05, 0) is 13.0 Å². The number of aliphatic imine (C=N–C) groups is 1. The molecule has 5 heteroatoms. The predicted octanol–water partition coefficient (Wildman–Crippen LogP) is 1.89. The van der Waals surface area contributed by atoms with Gasteiger partial charge >= 0.3 is 0 Å². The van der Waals surface area contributed by atoms with Crippen LogP contribution in [0.25, 0.3) is 0 Å². The van der Waals surface area contributed by atoms with E-state index in [0.717, 1.165) is 16.9 Å². The summed E-state index contributed by atoms with van der Waals surface area (Å²) in [5.74, 6) is 5.88. The van der Waals surface area contributed by atoms with E-state index in [1.807, 2.05) is 13.0 Å². The molecule has 3 N–H and O–H groups in total. The molecular formula is C13H15N3OS. The van der Waals surface area contributed by atoms with E-state index in [1.54, 1.807) is 13.3 Å². The molecule has 1 rings (SSSR count). The number of nitrogens with one attached hydrogen (secondary N) is 1. The molecule has 0 aliphatic rings. The molecule has 94 valence electrons. The van der Waals surface area contributed by atoms with Crippen LogP contribution in [0, 0.1) is 11.8 Å². The number of nitrogens with zero attached hydrogens (tertiary/aromatic N) is 1. The van der Waals surface area contributed by atoms with Gasteiger partial charge < -0.3 is 11.1 Å². The van der Waals surface area contributed by atoms with Crippen molar-refractivity contribution >= 4 is 29.5 Å². The van der Waals surface area contributed by atoms with Crippen LogP contribution >= 0.6 is 11.3 Å². The molecule has 0 spiro atoms. The Kier molecular flexibility index (Phi) is 5.68. The van der Waals surface area contributed by atoms with Crippen LogP contribution in [0.4, 0.5) is 5.69 Å². The molecule has 4 nitrogen and oxygen atoms in total. The molecule has 0 aromatic carbocycles. The first-order valence-electron chi connectivity index (χ1n) is 5.45. The lowest BCUT2D eigenvalue weighted by atomic mass is 10.3. The fraction of sp³-hybridized carbons (Fsp3) is 0.231. The highest BCUT2D eigenvalue weighted by Gasteiger charge is 2.04. The van der Waals surface area contributed by atoms with Crippen LogP contribution in [0.15, 0.2) is 22.8 Å². The summed E-state index contributed by atoms with van der Waals surface area (Å²) in [6.07, 6.45) is 3.87. The van der Waals surface area contributed by atoms with Gasteiger partial charge in [-0.3, -0.25) is 9.79 Å². The van der Waals surface area contributed by atoms with Crippen LogP contribution < -0.4 is 11.1 Å².